The maximum Gasteiger partial charge on any atom is 0.161 e. The molecule has 0 N–H and O–H groups in total. The Hall–Kier alpha value is -1.77. The first-order valence-corrected chi connectivity index (χ1v) is 9.33. The number of rotatable bonds is 5. The van der Waals surface area contributed by atoms with Crippen LogP contribution in [0.3, 0.4) is 0 Å². The largest absolute Gasteiger partial charge is 0.206 e. The van der Waals surface area contributed by atoms with Crippen molar-refractivity contribution in [2.75, 3.05) is 0 Å². The molecule has 0 aromatic heterocycles. The SMILES string of the molecule is CCCC[C@H]1CC[C@H](c2ccc(-c3cc(F)c(F)cc3F)cc2)CC1. The molecule has 25 heavy (non-hydrogen) atoms. The molecule has 0 saturated heterocycles. The summed E-state index contributed by atoms with van der Waals surface area (Å²) in [6.45, 7) is 2.24. The van der Waals surface area contributed by atoms with Gasteiger partial charge in [-0.25, -0.2) is 13.2 Å². The van der Waals surface area contributed by atoms with Crippen LogP contribution in [0.5, 0.6) is 0 Å². The van der Waals surface area contributed by atoms with Gasteiger partial charge in [-0.3, -0.25) is 0 Å². The van der Waals surface area contributed by atoms with Crippen molar-refractivity contribution in [1.29, 1.82) is 0 Å². The van der Waals surface area contributed by atoms with Gasteiger partial charge in [-0.05, 0) is 54.7 Å². The average Bonchev–Trinajstić information content (AvgIpc) is 2.64. The van der Waals surface area contributed by atoms with Crippen molar-refractivity contribution in [3.05, 3.63) is 59.4 Å². The normalized spacial score (nSPS) is 20.6. The van der Waals surface area contributed by atoms with Crippen molar-refractivity contribution in [2.45, 2.75) is 57.8 Å². The molecular formula is C22H25F3. The molecule has 3 heteroatoms. The van der Waals surface area contributed by atoms with Crippen LogP contribution < -0.4 is 0 Å². The van der Waals surface area contributed by atoms with Crippen LogP contribution in [0.2, 0.25) is 0 Å². The average molecular weight is 346 g/mol. The zero-order valence-electron chi connectivity index (χ0n) is 14.7. The van der Waals surface area contributed by atoms with Crippen molar-refractivity contribution in [1.82, 2.24) is 0 Å². The lowest BCUT2D eigenvalue weighted by Gasteiger charge is -2.29. The summed E-state index contributed by atoms with van der Waals surface area (Å²) in [4.78, 5) is 0. The van der Waals surface area contributed by atoms with Crippen LogP contribution in [-0.2, 0) is 0 Å². The molecule has 1 aliphatic carbocycles. The van der Waals surface area contributed by atoms with Crippen molar-refractivity contribution in [3.63, 3.8) is 0 Å². The third-order valence-electron chi connectivity index (χ3n) is 5.52. The van der Waals surface area contributed by atoms with E-state index in [4.69, 9.17) is 0 Å². The molecule has 2 aromatic carbocycles. The highest BCUT2D eigenvalue weighted by atomic mass is 19.2. The van der Waals surface area contributed by atoms with Crippen LogP contribution in [0, 0.1) is 23.4 Å². The Kier molecular flexibility index (Phi) is 5.82. The Labute approximate surface area is 148 Å². The molecule has 0 heterocycles. The van der Waals surface area contributed by atoms with Crippen molar-refractivity contribution in [3.8, 4) is 11.1 Å². The maximum atomic E-state index is 13.9. The molecule has 0 nitrogen and oxygen atoms in total. The van der Waals surface area contributed by atoms with Crippen LogP contribution in [0.1, 0.15) is 63.4 Å². The third-order valence-corrected chi connectivity index (χ3v) is 5.52. The molecule has 0 bridgehead atoms. The fourth-order valence-electron chi connectivity index (χ4n) is 3.96. The van der Waals surface area contributed by atoms with Crippen LogP contribution in [0.4, 0.5) is 13.2 Å². The van der Waals surface area contributed by atoms with Gasteiger partial charge in [0.05, 0.1) is 0 Å². The molecule has 0 aliphatic heterocycles. The second-order valence-electron chi connectivity index (χ2n) is 7.23. The zero-order valence-corrected chi connectivity index (χ0v) is 14.7. The Morgan fingerprint density at radius 2 is 1.48 bits per heavy atom. The van der Waals surface area contributed by atoms with Crippen molar-refractivity contribution < 1.29 is 13.2 Å². The molecule has 1 saturated carbocycles. The summed E-state index contributed by atoms with van der Waals surface area (Å²) in [5.41, 5.74) is 1.95. The molecule has 0 unspecified atom stereocenters. The summed E-state index contributed by atoms with van der Waals surface area (Å²) in [5, 5.41) is 0. The van der Waals surface area contributed by atoms with Gasteiger partial charge in [0.2, 0.25) is 0 Å². The molecular weight excluding hydrogens is 321 g/mol. The second kappa shape index (κ2) is 8.07. The van der Waals surface area contributed by atoms with Gasteiger partial charge in [0.1, 0.15) is 5.82 Å². The Bertz CT molecular complexity index is 698. The first-order valence-electron chi connectivity index (χ1n) is 9.33. The van der Waals surface area contributed by atoms with Crippen LogP contribution in [0.25, 0.3) is 11.1 Å². The molecule has 3 rings (SSSR count). The highest BCUT2D eigenvalue weighted by Gasteiger charge is 2.22. The summed E-state index contributed by atoms with van der Waals surface area (Å²) in [6.07, 6.45) is 8.90. The van der Waals surface area contributed by atoms with E-state index in [1.54, 1.807) is 0 Å². The standard InChI is InChI=1S/C22H25F3/c1-2-3-4-15-5-7-16(8-6-15)17-9-11-18(12-10-17)19-13-21(24)22(25)14-20(19)23/h9-16H,2-8H2,1H3/t15-,16-. The van der Waals surface area contributed by atoms with Gasteiger partial charge in [-0.1, -0.05) is 50.5 Å². The van der Waals surface area contributed by atoms with Gasteiger partial charge in [0.15, 0.2) is 11.6 Å². The number of hydrogen-bond donors (Lipinski definition) is 0. The fraction of sp³-hybridized carbons (Fsp3) is 0.455. The molecule has 2 aromatic rings. The first-order chi connectivity index (χ1) is 12.1. The first kappa shape index (κ1) is 18.0. The van der Waals surface area contributed by atoms with E-state index in [1.807, 2.05) is 24.3 Å². The summed E-state index contributed by atoms with van der Waals surface area (Å²) >= 11 is 0. The smallest absolute Gasteiger partial charge is 0.161 e. The summed E-state index contributed by atoms with van der Waals surface area (Å²) in [7, 11) is 0. The lowest BCUT2D eigenvalue weighted by molar-refractivity contribution is 0.304. The van der Waals surface area contributed by atoms with E-state index in [9.17, 15) is 13.2 Å². The van der Waals surface area contributed by atoms with E-state index in [1.165, 1.54) is 50.5 Å². The predicted molar refractivity (Wildman–Crippen MR) is 96.0 cm³/mol. The second-order valence-corrected chi connectivity index (χ2v) is 7.23. The van der Waals surface area contributed by atoms with Gasteiger partial charge in [0.25, 0.3) is 0 Å². The molecule has 1 aliphatic rings. The number of benzene rings is 2. The van der Waals surface area contributed by atoms with Crippen molar-refractivity contribution in [2.24, 2.45) is 5.92 Å². The lowest BCUT2D eigenvalue weighted by Crippen LogP contribution is -2.13. The monoisotopic (exact) mass is 346 g/mol. The summed E-state index contributed by atoms with van der Waals surface area (Å²) in [6, 6.07) is 9.18. The Morgan fingerprint density at radius 3 is 2.12 bits per heavy atom. The molecule has 1 fully saturated rings. The van der Waals surface area contributed by atoms with E-state index in [0.717, 1.165) is 12.0 Å². The highest BCUT2D eigenvalue weighted by molar-refractivity contribution is 5.64. The Balaban J connectivity index is 1.68. The van der Waals surface area contributed by atoms with Crippen LogP contribution in [-0.4, -0.2) is 0 Å². The lowest BCUT2D eigenvalue weighted by atomic mass is 9.77. The zero-order chi connectivity index (χ0) is 17.8. The van der Waals surface area contributed by atoms with Gasteiger partial charge in [0, 0.05) is 11.6 Å². The number of unbranched alkanes of at least 4 members (excludes halogenated alkanes) is 1. The van der Waals surface area contributed by atoms with E-state index in [2.05, 4.69) is 6.92 Å². The molecule has 0 spiro atoms. The molecule has 0 radical (unpaired) electrons. The highest BCUT2D eigenvalue weighted by Crippen LogP contribution is 2.38. The predicted octanol–water partition coefficient (Wildman–Crippen LogP) is 7.23. The minimum absolute atomic E-state index is 0.105. The quantitative estimate of drug-likeness (QED) is 0.501. The summed E-state index contributed by atoms with van der Waals surface area (Å²) < 4.78 is 40.4. The van der Waals surface area contributed by atoms with Crippen molar-refractivity contribution >= 4 is 0 Å². The minimum Gasteiger partial charge on any atom is -0.206 e. The molecule has 0 atom stereocenters. The van der Waals surface area contributed by atoms with Gasteiger partial charge in [-0.2, -0.15) is 0 Å². The fourth-order valence-corrected chi connectivity index (χ4v) is 3.96. The molecule has 0 amide bonds. The minimum atomic E-state index is -1.15. The number of halogens is 3. The van der Waals surface area contributed by atoms with E-state index < -0.39 is 17.5 Å². The van der Waals surface area contributed by atoms with Gasteiger partial charge < -0.3 is 0 Å². The molecule has 134 valence electrons. The number of hydrogen-bond acceptors (Lipinski definition) is 0. The van der Waals surface area contributed by atoms with E-state index in [-0.39, 0.29) is 5.56 Å². The van der Waals surface area contributed by atoms with Gasteiger partial charge >= 0.3 is 0 Å². The Morgan fingerprint density at radius 1 is 0.840 bits per heavy atom. The van der Waals surface area contributed by atoms with E-state index in [0.29, 0.717) is 17.5 Å². The maximum absolute atomic E-state index is 13.9. The van der Waals surface area contributed by atoms with Crippen LogP contribution in [0.15, 0.2) is 36.4 Å². The van der Waals surface area contributed by atoms with E-state index >= 15 is 0 Å². The van der Waals surface area contributed by atoms with Crippen LogP contribution >= 0.6 is 0 Å². The summed E-state index contributed by atoms with van der Waals surface area (Å²) in [5.74, 6) is -1.49. The van der Waals surface area contributed by atoms with Gasteiger partial charge in [-0.15, -0.1) is 0 Å². The topological polar surface area (TPSA) is 0 Å². The third kappa shape index (κ3) is 4.26.